The minimum atomic E-state index is -0.247. The summed E-state index contributed by atoms with van der Waals surface area (Å²) in [5.41, 5.74) is 4.36. The Bertz CT molecular complexity index is 1120. The third-order valence-electron chi connectivity index (χ3n) is 5.88. The van der Waals surface area contributed by atoms with Crippen LogP contribution in [0.1, 0.15) is 38.7 Å². The second-order valence-corrected chi connectivity index (χ2v) is 8.43. The van der Waals surface area contributed by atoms with Crippen LogP contribution in [0.2, 0.25) is 0 Å². The van der Waals surface area contributed by atoms with Crippen LogP contribution in [-0.4, -0.2) is 43.9 Å². The molecule has 0 unspecified atom stereocenters. The maximum Gasteiger partial charge on any atom is 0.217 e. The fourth-order valence-electron chi connectivity index (χ4n) is 4.44. The van der Waals surface area contributed by atoms with Gasteiger partial charge in [0.25, 0.3) is 0 Å². The first-order valence-electron chi connectivity index (χ1n) is 11.0. The highest BCUT2D eigenvalue weighted by molar-refractivity contribution is 5.92. The zero-order valence-corrected chi connectivity index (χ0v) is 19.2. The number of hydrogen-bond acceptors (Lipinski definition) is 5. The molecule has 7 heteroatoms. The van der Waals surface area contributed by atoms with Gasteiger partial charge in [0.05, 0.1) is 26.0 Å². The van der Waals surface area contributed by atoms with Gasteiger partial charge in [0.2, 0.25) is 5.91 Å². The van der Waals surface area contributed by atoms with Crippen LogP contribution in [0.25, 0.3) is 22.2 Å². The van der Waals surface area contributed by atoms with E-state index in [1.807, 2.05) is 30.3 Å². The number of ether oxygens (including phenoxy) is 3. The van der Waals surface area contributed by atoms with Crippen LogP contribution < -0.4 is 24.8 Å². The highest BCUT2D eigenvalue weighted by Crippen LogP contribution is 2.40. The van der Waals surface area contributed by atoms with Crippen molar-refractivity contribution in [3.8, 4) is 28.5 Å². The lowest BCUT2D eigenvalue weighted by Gasteiger charge is -2.21. The zero-order valence-electron chi connectivity index (χ0n) is 19.2. The highest BCUT2D eigenvalue weighted by atomic mass is 16.5. The monoisotopic (exact) mass is 437 g/mol. The van der Waals surface area contributed by atoms with Gasteiger partial charge in [-0.3, -0.25) is 10.1 Å². The minimum Gasteiger partial charge on any atom is -0.493 e. The van der Waals surface area contributed by atoms with Gasteiger partial charge in [0, 0.05) is 29.9 Å². The summed E-state index contributed by atoms with van der Waals surface area (Å²) in [5, 5.41) is 7.42. The van der Waals surface area contributed by atoms with Gasteiger partial charge in [-0.25, -0.2) is 0 Å². The maximum absolute atomic E-state index is 11.5. The summed E-state index contributed by atoms with van der Waals surface area (Å²) < 4.78 is 17.1. The van der Waals surface area contributed by atoms with Gasteiger partial charge >= 0.3 is 0 Å². The van der Waals surface area contributed by atoms with Crippen LogP contribution in [0.4, 0.5) is 0 Å². The first kappa shape index (κ1) is 22.0. The van der Waals surface area contributed by atoms with E-state index in [1.165, 1.54) is 12.5 Å². The Morgan fingerprint density at radius 1 is 1.09 bits per heavy atom. The number of aromatic nitrogens is 1. The molecule has 0 bridgehead atoms. The average molecular weight is 438 g/mol. The minimum absolute atomic E-state index is 0.0404. The summed E-state index contributed by atoms with van der Waals surface area (Å²) in [6.45, 7) is 6.71. The summed E-state index contributed by atoms with van der Waals surface area (Å²) >= 11 is 0. The van der Waals surface area contributed by atoms with Gasteiger partial charge in [-0.15, -0.1) is 0 Å². The smallest absolute Gasteiger partial charge is 0.217 e. The number of aromatic amines is 1. The van der Waals surface area contributed by atoms with E-state index in [0.717, 1.165) is 40.9 Å². The van der Waals surface area contributed by atoms with Crippen molar-refractivity contribution >= 4 is 16.8 Å². The molecule has 1 aliphatic rings. The molecule has 1 aromatic heterocycles. The summed E-state index contributed by atoms with van der Waals surface area (Å²) in [6.07, 6.45) is 0.597. The molecule has 2 aromatic carbocycles. The van der Waals surface area contributed by atoms with E-state index < -0.39 is 0 Å². The molecular weight excluding hydrogens is 406 g/mol. The molecule has 32 heavy (non-hydrogen) atoms. The first-order chi connectivity index (χ1) is 15.4. The van der Waals surface area contributed by atoms with Crippen molar-refractivity contribution in [3.05, 3.63) is 42.0 Å². The fourth-order valence-corrected chi connectivity index (χ4v) is 4.44. The number of carbonyl (C=O) groups is 1. The van der Waals surface area contributed by atoms with Gasteiger partial charge in [0.1, 0.15) is 5.75 Å². The molecule has 0 saturated carbocycles. The van der Waals surface area contributed by atoms with E-state index in [2.05, 4.69) is 35.5 Å². The second kappa shape index (κ2) is 9.12. The molecule has 3 N–H and O–H groups in total. The Balaban J connectivity index is 1.71. The van der Waals surface area contributed by atoms with Crippen LogP contribution in [0.15, 0.2) is 36.4 Å². The van der Waals surface area contributed by atoms with E-state index in [4.69, 9.17) is 14.2 Å². The van der Waals surface area contributed by atoms with Gasteiger partial charge < -0.3 is 24.5 Å². The molecular formula is C25H31N3O4. The van der Waals surface area contributed by atoms with Crippen molar-refractivity contribution in [1.82, 2.24) is 15.6 Å². The topological polar surface area (TPSA) is 84.6 Å². The summed E-state index contributed by atoms with van der Waals surface area (Å²) in [5.74, 6) is 2.41. The molecule has 1 amide bonds. The predicted octanol–water partition coefficient (Wildman–Crippen LogP) is 4.18. The second-order valence-electron chi connectivity index (χ2n) is 8.43. The lowest BCUT2D eigenvalue weighted by Crippen LogP contribution is -2.45. The quantitative estimate of drug-likeness (QED) is 0.516. The number of H-pyrrole nitrogens is 1. The normalized spacial score (nSPS) is 18.2. The van der Waals surface area contributed by atoms with Gasteiger partial charge in [-0.1, -0.05) is 13.8 Å². The molecule has 7 nitrogen and oxygen atoms in total. The van der Waals surface area contributed by atoms with Crippen molar-refractivity contribution in [3.63, 3.8) is 0 Å². The molecule has 4 rings (SSSR count). The van der Waals surface area contributed by atoms with E-state index >= 15 is 0 Å². The Kier molecular flexibility index (Phi) is 6.28. The van der Waals surface area contributed by atoms with E-state index in [0.29, 0.717) is 17.4 Å². The lowest BCUT2D eigenvalue weighted by atomic mass is 9.96. The molecule has 2 atom stereocenters. The summed E-state index contributed by atoms with van der Waals surface area (Å²) in [7, 11) is 3.28. The molecule has 0 radical (unpaired) electrons. The van der Waals surface area contributed by atoms with E-state index in [-0.39, 0.29) is 18.2 Å². The van der Waals surface area contributed by atoms with Crippen molar-refractivity contribution in [2.24, 2.45) is 0 Å². The highest BCUT2D eigenvalue weighted by Gasteiger charge is 2.29. The Morgan fingerprint density at radius 3 is 2.56 bits per heavy atom. The molecule has 3 aromatic rings. The number of fused-ring (bicyclic) bond motifs is 1. The van der Waals surface area contributed by atoms with Crippen LogP contribution in [0, 0.1) is 0 Å². The third kappa shape index (κ3) is 4.25. The lowest BCUT2D eigenvalue weighted by molar-refractivity contribution is -0.120. The van der Waals surface area contributed by atoms with Gasteiger partial charge in [0.15, 0.2) is 17.7 Å². The van der Waals surface area contributed by atoms with Crippen molar-refractivity contribution in [2.45, 2.75) is 45.4 Å². The number of nitrogens with one attached hydrogen (secondary N) is 3. The number of carbonyl (C=O) groups excluding carboxylic acids is 1. The zero-order chi connectivity index (χ0) is 22.8. The molecule has 0 spiro atoms. The number of amides is 1. The van der Waals surface area contributed by atoms with Crippen molar-refractivity contribution in [1.29, 1.82) is 0 Å². The Labute approximate surface area is 188 Å². The van der Waals surface area contributed by atoms with Gasteiger partial charge in [-0.2, -0.15) is 0 Å². The summed E-state index contributed by atoms with van der Waals surface area (Å²) in [6, 6.07) is 12.0. The van der Waals surface area contributed by atoms with Crippen LogP contribution in [0.3, 0.4) is 0 Å². The molecule has 1 fully saturated rings. The average Bonchev–Trinajstić information content (AvgIpc) is 3.36. The van der Waals surface area contributed by atoms with Crippen molar-refractivity contribution < 1.29 is 19.0 Å². The fraction of sp³-hybridized carbons (Fsp3) is 0.400. The number of benzene rings is 2. The number of hydrogen-bond donors (Lipinski definition) is 3. The van der Waals surface area contributed by atoms with Gasteiger partial charge in [-0.05, 0) is 54.3 Å². The molecule has 1 saturated heterocycles. The standard InChI is InChI=1S/C25H31N3O4/c1-14(2)23-18-13-17(32-25-20(10-11-26-25)27-15(3)29)7-8-19(18)28-24(23)16-6-9-21(30-4)22(12-16)31-5/h6-9,12-14,20,25-26,28H,10-11H2,1-5H3,(H,27,29)/t20-,25-/m0/s1. The van der Waals surface area contributed by atoms with Crippen LogP contribution in [0.5, 0.6) is 17.2 Å². The molecule has 0 aliphatic carbocycles. The molecule has 1 aliphatic heterocycles. The third-order valence-corrected chi connectivity index (χ3v) is 5.88. The molecule has 2 heterocycles. The number of methoxy groups -OCH3 is 2. The largest absolute Gasteiger partial charge is 0.493 e. The van der Waals surface area contributed by atoms with E-state index in [1.54, 1.807) is 14.2 Å². The van der Waals surface area contributed by atoms with E-state index in [9.17, 15) is 4.79 Å². The Hall–Kier alpha value is -3.19. The molecule has 170 valence electrons. The summed E-state index contributed by atoms with van der Waals surface area (Å²) in [4.78, 5) is 15.1. The number of rotatable bonds is 7. The maximum atomic E-state index is 11.5. The Morgan fingerprint density at radius 2 is 1.88 bits per heavy atom. The van der Waals surface area contributed by atoms with Crippen LogP contribution >= 0.6 is 0 Å². The van der Waals surface area contributed by atoms with Crippen LogP contribution in [-0.2, 0) is 4.79 Å². The SMILES string of the molecule is COc1ccc(-c2[nH]c3ccc(O[C@@H]4NCC[C@@H]4NC(C)=O)cc3c2C(C)C)cc1OC. The first-order valence-corrected chi connectivity index (χ1v) is 11.0. The van der Waals surface area contributed by atoms with Crippen molar-refractivity contribution in [2.75, 3.05) is 20.8 Å². The predicted molar refractivity (Wildman–Crippen MR) is 126 cm³/mol.